The summed E-state index contributed by atoms with van der Waals surface area (Å²) in [6.45, 7) is 3.93. The van der Waals surface area contributed by atoms with Gasteiger partial charge in [0.2, 0.25) is 0 Å². The lowest BCUT2D eigenvalue weighted by Crippen LogP contribution is -2.08. The molecule has 28 heavy (non-hydrogen) atoms. The molecule has 0 saturated carbocycles. The fourth-order valence-electron chi connectivity index (χ4n) is 3.79. The average Bonchev–Trinajstić information content (AvgIpc) is 3.28. The Kier molecular flexibility index (Phi) is 4.90. The molecule has 2 aromatic carbocycles. The van der Waals surface area contributed by atoms with Crippen molar-refractivity contribution in [2.75, 3.05) is 0 Å². The Morgan fingerprint density at radius 2 is 1.93 bits per heavy atom. The van der Waals surface area contributed by atoms with Crippen molar-refractivity contribution in [3.05, 3.63) is 64.8 Å². The van der Waals surface area contributed by atoms with Gasteiger partial charge in [-0.25, -0.2) is 4.79 Å². The van der Waals surface area contributed by atoms with Crippen molar-refractivity contribution < 1.29 is 14.6 Å². The highest BCUT2D eigenvalue weighted by Gasteiger charge is 2.23. The monoisotopic (exact) mass is 395 g/mol. The third kappa shape index (κ3) is 3.29. The largest absolute Gasteiger partial charge is 0.491 e. The van der Waals surface area contributed by atoms with Crippen LogP contribution in [0.5, 0.6) is 5.75 Å². The van der Waals surface area contributed by atoms with Gasteiger partial charge in [-0.3, -0.25) is 0 Å². The molecule has 1 aliphatic carbocycles. The molecule has 0 spiro atoms. The SMILES string of the molecule is CC(C)Oc1ccc(-n2c(C(=O)O)c(Cl)c3cc(C4=CCCC4)ccc32)cc1. The van der Waals surface area contributed by atoms with Gasteiger partial charge in [-0.2, -0.15) is 0 Å². The van der Waals surface area contributed by atoms with E-state index in [1.165, 1.54) is 5.57 Å². The van der Waals surface area contributed by atoms with E-state index in [0.29, 0.717) is 0 Å². The Morgan fingerprint density at radius 3 is 2.54 bits per heavy atom. The number of allylic oxidation sites excluding steroid dienone is 2. The lowest BCUT2D eigenvalue weighted by Gasteiger charge is -2.12. The van der Waals surface area contributed by atoms with Crippen LogP contribution in [0.3, 0.4) is 0 Å². The number of carbonyl (C=O) groups is 1. The molecule has 1 aromatic heterocycles. The van der Waals surface area contributed by atoms with Crippen LogP contribution in [0.15, 0.2) is 48.5 Å². The Hall–Kier alpha value is -2.72. The number of aromatic carboxylic acids is 1. The van der Waals surface area contributed by atoms with Gasteiger partial charge >= 0.3 is 5.97 Å². The summed E-state index contributed by atoms with van der Waals surface area (Å²) < 4.78 is 7.39. The minimum absolute atomic E-state index is 0.0746. The van der Waals surface area contributed by atoms with E-state index in [1.807, 2.05) is 56.3 Å². The van der Waals surface area contributed by atoms with Crippen LogP contribution in [0.1, 0.15) is 49.2 Å². The van der Waals surface area contributed by atoms with Crippen LogP contribution in [-0.2, 0) is 0 Å². The number of carboxylic acid groups (broad SMARTS) is 1. The van der Waals surface area contributed by atoms with Crippen molar-refractivity contribution in [3.63, 3.8) is 0 Å². The molecule has 1 aliphatic rings. The zero-order valence-corrected chi connectivity index (χ0v) is 16.7. The first-order chi connectivity index (χ1) is 13.5. The fraction of sp³-hybridized carbons (Fsp3) is 0.261. The van der Waals surface area contributed by atoms with E-state index in [9.17, 15) is 9.90 Å². The lowest BCUT2D eigenvalue weighted by molar-refractivity contribution is 0.0689. The zero-order valence-electron chi connectivity index (χ0n) is 15.9. The average molecular weight is 396 g/mol. The number of halogens is 1. The molecule has 1 heterocycles. The minimum atomic E-state index is -1.05. The van der Waals surface area contributed by atoms with Crippen molar-refractivity contribution in [2.45, 2.75) is 39.2 Å². The number of carboxylic acids is 1. The van der Waals surface area contributed by atoms with Crippen LogP contribution < -0.4 is 4.74 Å². The highest BCUT2D eigenvalue weighted by molar-refractivity contribution is 6.38. The van der Waals surface area contributed by atoms with Gasteiger partial charge in [0.05, 0.1) is 16.6 Å². The molecule has 4 nitrogen and oxygen atoms in total. The first kappa shape index (κ1) is 18.6. The number of ether oxygens (including phenoxy) is 1. The Labute approximate surface area is 169 Å². The number of hydrogen-bond acceptors (Lipinski definition) is 2. The predicted molar refractivity (Wildman–Crippen MR) is 113 cm³/mol. The van der Waals surface area contributed by atoms with Crippen LogP contribution in [0, 0.1) is 0 Å². The second kappa shape index (κ2) is 7.36. The maximum Gasteiger partial charge on any atom is 0.354 e. The molecular formula is C23H22ClNO3. The maximum absolute atomic E-state index is 12.0. The molecule has 3 aromatic rings. The summed E-state index contributed by atoms with van der Waals surface area (Å²) in [4.78, 5) is 12.0. The van der Waals surface area contributed by atoms with Gasteiger partial charge < -0.3 is 14.4 Å². The van der Waals surface area contributed by atoms with E-state index in [2.05, 4.69) is 6.08 Å². The summed E-state index contributed by atoms with van der Waals surface area (Å²) in [5, 5.41) is 10.8. The van der Waals surface area contributed by atoms with E-state index in [1.54, 1.807) is 4.57 Å². The van der Waals surface area contributed by atoms with Crippen molar-refractivity contribution in [2.24, 2.45) is 0 Å². The highest BCUT2D eigenvalue weighted by atomic mass is 35.5. The van der Waals surface area contributed by atoms with Crippen LogP contribution in [-0.4, -0.2) is 21.7 Å². The molecule has 5 heteroatoms. The number of hydrogen-bond donors (Lipinski definition) is 1. The summed E-state index contributed by atoms with van der Waals surface area (Å²) in [7, 11) is 0. The second-order valence-corrected chi connectivity index (χ2v) is 7.70. The summed E-state index contributed by atoms with van der Waals surface area (Å²) in [6, 6.07) is 13.4. The van der Waals surface area contributed by atoms with Gasteiger partial charge in [0.25, 0.3) is 0 Å². The molecule has 0 radical (unpaired) electrons. The Bertz CT molecular complexity index is 1080. The normalized spacial score (nSPS) is 13.9. The molecule has 4 rings (SSSR count). The topological polar surface area (TPSA) is 51.5 Å². The van der Waals surface area contributed by atoms with Gasteiger partial charge in [0, 0.05) is 11.1 Å². The number of aromatic nitrogens is 1. The molecule has 144 valence electrons. The number of benzene rings is 2. The van der Waals surface area contributed by atoms with Crippen LogP contribution >= 0.6 is 11.6 Å². The van der Waals surface area contributed by atoms with Gasteiger partial charge in [-0.1, -0.05) is 23.7 Å². The number of fused-ring (bicyclic) bond motifs is 1. The number of rotatable bonds is 5. The molecule has 0 aliphatic heterocycles. The van der Waals surface area contributed by atoms with Crippen molar-refractivity contribution >= 4 is 34.0 Å². The molecule has 0 amide bonds. The van der Waals surface area contributed by atoms with Gasteiger partial charge in [0.1, 0.15) is 5.75 Å². The molecule has 0 bridgehead atoms. The van der Waals surface area contributed by atoms with Gasteiger partial charge in [-0.05, 0) is 80.6 Å². The third-order valence-corrected chi connectivity index (χ3v) is 5.37. The van der Waals surface area contributed by atoms with Gasteiger partial charge in [-0.15, -0.1) is 0 Å². The van der Waals surface area contributed by atoms with Crippen LogP contribution in [0.2, 0.25) is 5.02 Å². The first-order valence-electron chi connectivity index (χ1n) is 9.49. The van der Waals surface area contributed by atoms with E-state index in [-0.39, 0.29) is 16.8 Å². The lowest BCUT2D eigenvalue weighted by atomic mass is 10.0. The molecule has 0 fully saturated rings. The zero-order chi connectivity index (χ0) is 19.8. The summed E-state index contributed by atoms with van der Waals surface area (Å²) in [6.07, 6.45) is 5.62. The van der Waals surface area contributed by atoms with E-state index in [4.69, 9.17) is 16.3 Å². The summed E-state index contributed by atoms with van der Waals surface area (Å²) in [5.41, 5.74) is 4.01. The van der Waals surface area contributed by atoms with Crippen LogP contribution in [0.25, 0.3) is 22.2 Å². The smallest absolute Gasteiger partial charge is 0.354 e. The fourth-order valence-corrected chi connectivity index (χ4v) is 4.11. The minimum Gasteiger partial charge on any atom is -0.491 e. The van der Waals surface area contributed by atoms with Crippen LogP contribution in [0.4, 0.5) is 0 Å². The summed E-state index contributed by atoms with van der Waals surface area (Å²) in [5.74, 6) is -0.307. The molecule has 1 N–H and O–H groups in total. The standard InChI is InChI=1S/C23H22ClNO3/c1-14(2)28-18-10-8-17(9-11-18)25-20-12-7-16(15-5-3-4-6-15)13-19(20)21(24)22(25)23(26)27/h5,7-14H,3-4,6H2,1-2H3,(H,26,27). The summed E-state index contributed by atoms with van der Waals surface area (Å²) >= 11 is 6.54. The van der Waals surface area contributed by atoms with Crippen molar-refractivity contribution in [1.82, 2.24) is 4.57 Å². The molecule has 0 saturated heterocycles. The van der Waals surface area contributed by atoms with Gasteiger partial charge in [0.15, 0.2) is 5.69 Å². The van der Waals surface area contributed by atoms with Crippen molar-refractivity contribution in [1.29, 1.82) is 0 Å². The Balaban J connectivity index is 1.87. The first-order valence-corrected chi connectivity index (χ1v) is 9.87. The number of nitrogens with zero attached hydrogens (tertiary/aromatic N) is 1. The third-order valence-electron chi connectivity index (χ3n) is 4.99. The van der Waals surface area contributed by atoms with Crippen molar-refractivity contribution in [3.8, 4) is 11.4 Å². The second-order valence-electron chi connectivity index (χ2n) is 7.32. The highest BCUT2D eigenvalue weighted by Crippen LogP contribution is 2.37. The molecule has 0 unspecified atom stereocenters. The molecular weight excluding hydrogens is 374 g/mol. The van der Waals surface area contributed by atoms with E-state index in [0.717, 1.165) is 47.2 Å². The van der Waals surface area contributed by atoms with E-state index < -0.39 is 5.97 Å². The molecule has 0 atom stereocenters. The Morgan fingerprint density at radius 1 is 1.18 bits per heavy atom. The quantitative estimate of drug-likeness (QED) is 0.548. The predicted octanol–water partition coefficient (Wildman–Crippen LogP) is 6.34. The maximum atomic E-state index is 12.0. The van der Waals surface area contributed by atoms with E-state index >= 15 is 0 Å².